The number of carbonyl (C=O) groups is 1. The number of non-ortho nitro benzene ring substituents is 1. The molecule has 0 saturated carbocycles. The van der Waals surface area contributed by atoms with E-state index in [4.69, 9.17) is 4.74 Å². The van der Waals surface area contributed by atoms with E-state index in [9.17, 15) is 14.9 Å². The van der Waals surface area contributed by atoms with Crippen molar-refractivity contribution in [3.05, 3.63) is 70.7 Å². The number of aromatic nitrogens is 2. The number of nitro benzene ring substituents is 1. The van der Waals surface area contributed by atoms with Crippen molar-refractivity contribution in [3.8, 4) is 0 Å². The van der Waals surface area contributed by atoms with Crippen LogP contribution in [0.5, 0.6) is 0 Å². The van der Waals surface area contributed by atoms with E-state index < -0.39 is 0 Å². The molecule has 2 heterocycles. The number of rotatable bonds is 9. The lowest BCUT2D eigenvalue weighted by Crippen LogP contribution is -2.06. The quantitative estimate of drug-likeness (QED) is 0.243. The first-order valence-corrected chi connectivity index (χ1v) is 8.95. The van der Waals surface area contributed by atoms with Gasteiger partial charge in [0.1, 0.15) is 0 Å². The van der Waals surface area contributed by atoms with Crippen LogP contribution in [0.1, 0.15) is 36.0 Å². The molecule has 140 valence electrons. The zero-order valence-electron chi connectivity index (χ0n) is 14.9. The highest BCUT2D eigenvalue weighted by molar-refractivity contribution is 5.88. The molecule has 0 amide bonds. The van der Waals surface area contributed by atoms with Gasteiger partial charge in [-0.2, -0.15) is 0 Å². The maximum atomic E-state index is 11.8. The number of fused-ring (bicyclic) bond motifs is 1. The van der Waals surface area contributed by atoms with Crippen LogP contribution in [0.25, 0.3) is 10.9 Å². The Balaban J connectivity index is 1.36. The first-order chi connectivity index (χ1) is 13.1. The fourth-order valence-electron chi connectivity index (χ4n) is 2.97. The summed E-state index contributed by atoms with van der Waals surface area (Å²) in [5.74, 6) is -0.337. The van der Waals surface area contributed by atoms with Crippen LogP contribution >= 0.6 is 0 Å². The van der Waals surface area contributed by atoms with Gasteiger partial charge in [0, 0.05) is 48.2 Å². The average Bonchev–Trinajstić information content (AvgIpc) is 3.10. The Bertz CT molecular complexity index is 921. The molecule has 3 rings (SSSR count). The number of hydrogen-bond acceptors (Lipinski definition) is 5. The number of nitro groups is 1. The van der Waals surface area contributed by atoms with Crippen LogP contribution in [0.4, 0.5) is 5.69 Å². The van der Waals surface area contributed by atoms with Crippen molar-refractivity contribution in [1.82, 2.24) is 9.55 Å². The molecule has 2 aromatic heterocycles. The van der Waals surface area contributed by atoms with Crippen LogP contribution in [0.15, 0.2) is 55.0 Å². The minimum atomic E-state index is -0.377. The molecule has 3 aromatic rings. The SMILES string of the molecule is O=C(OCCCCCCn1ccc2cc([N+](=O)[O-])ccc21)c1cccnc1. The summed E-state index contributed by atoms with van der Waals surface area (Å²) >= 11 is 0. The van der Waals surface area contributed by atoms with Gasteiger partial charge in [0.2, 0.25) is 0 Å². The number of nitrogens with zero attached hydrogens (tertiary/aromatic N) is 3. The van der Waals surface area contributed by atoms with E-state index in [-0.39, 0.29) is 16.6 Å². The van der Waals surface area contributed by atoms with Gasteiger partial charge in [-0.1, -0.05) is 6.42 Å². The summed E-state index contributed by atoms with van der Waals surface area (Å²) in [7, 11) is 0. The van der Waals surface area contributed by atoms with Gasteiger partial charge in [0.15, 0.2) is 0 Å². The van der Waals surface area contributed by atoms with E-state index >= 15 is 0 Å². The fraction of sp³-hybridized carbons (Fsp3) is 0.300. The fourth-order valence-corrected chi connectivity index (χ4v) is 2.97. The van der Waals surface area contributed by atoms with Crippen LogP contribution in [0.2, 0.25) is 0 Å². The van der Waals surface area contributed by atoms with Crippen LogP contribution in [-0.2, 0) is 11.3 Å². The topological polar surface area (TPSA) is 87.3 Å². The smallest absolute Gasteiger partial charge is 0.339 e. The van der Waals surface area contributed by atoms with E-state index in [1.165, 1.54) is 12.3 Å². The second-order valence-electron chi connectivity index (χ2n) is 6.30. The number of ether oxygens (including phenoxy) is 1. The normalized spacial score (nSPS) is 10.8. The maximum Gasteiger partial charge on any atom is 0.339 e. The Labute approximate surface area is 156 Å². The summed E-state index contributed by atoms with van der Waals surface area (Å²) in [6.45, 7) is 1.26. The van der Waals surface area contributed by atoms with Gasteiger partial charge in [-0.15, -0.1) is 0 Å². The highest BCUT2D eigenvalue weighted by atomic mass is 16.6. The summed E-state index contributed by atoms with van der Waals surface area (Å²) < 4.78 is 7.34. The van der Waals surface area contributed by atoms with E-state index in [1.807, 2.05) is 12.3 Å². The lowest BCUT2D eigenvalue weighted by Gasteiger charge is -2.06. The third-order valence-electron chi connectivity index (χ3n) is 4.39. The van der Waals surface area contributed by atoms with Gasteiger partial charge in [0.05, 0.1) is 17.1 Å². The van der Waals surface area contributed by atoms with Crippen LogP contribution in [-0.4, -0.2) is 27.1 Å². The summed E-state index contributed by atoms with van der Waals surface area (Å²) in [6.07, 6.45) is 8.90. The number of benzene rings is 1. The highest BCUT2D eigenvalue weighted by Gasteiger charge is 2.09. The Hall–Kier alpha value is -3.22. The molecule has 7 heteroatoms. The molecule has 0 radical (unpaired) electrons. The predicted octanol–water partition coefficient (Wildman–Crippen LogP) is 4.36. The van der Waals surface area contributed by atoms with Crippen molar-refractivity contribution in [2.45, 2.75) is 32.2 Å². The summed E-state index contributed by atoms with van der Waals surface area (Å²) in [5, 5.41) is 11.7. The summed E-state index contributed by atoms with van der Waals surface area (Å²) in [5.41, 5.74) is 1.59. The van der Waals surface area contributed by atoms with Crippen molar-refractivity contribution in [2.24, 2.45) is 0 Å². The van der Waals surface area contributed by atoms with Crippen molar-refractivity contribution >= 4 is 22.6 Å². The average molecular weight is 367 g/mol. The first-order valence-electron chi connectivity index (χ1n) is 8.95. The number of hydrogen-bond donors (Lipinski definition) is 0. The molecule has 0 aliphatic heterocycles. The standard InChI is InChI=1S/C20H21N3O4/c24-20(17-6-5-10-21-15-17)27-13-4-2-1-3-11-22-12-9-16-14-18(23(25)26)7-8-19(16)22/h5-10,12,14-15H,1-4,11,13H2. The van der Waals surface area contributed by atoms with Crippen LogP contribution in [0.3, 0.4) is 0 Å². The Morgan fingerprint density at radius 1 is 1.15 bits per heavy atom. The van der Waals surface area contributed by atoms with E-state index in [0.29, 0.717) is 12.2 Å². The molecular formula is C20H21N3O4. The van der Waals surface area contributed by atoms with E-state index in [1.54, 1.807) is 30.5 Å². The van der Waals surface area contributed by atoms with Gasteiger partial charge in [-0.3, -0.25) is 15.1 Å². The largest absolute Gasteiger partial charge is 0.462 e. The van der Waals surface area contributed by atoms with Gasteiger partial charge in [-0.05, 0) is 43.5 Å². The third-order valence-corrected chi connectivity index (χ3v) is 4.39. The molecule has 0 bridgehead atoms. The Kier molecular flexibility index (Phi) is 6.14. The molecule has 1 aromatic carbocycles. The molecule has 0 fully saturated rings. The minimum absolute atomic E-state index is 0.112. The van der Waals surface area contributed by atoms with E-state index in [0.717, 1.165) is 43.1 Å². The van der Waals surface area contributed by atoms with Crippen molar-refractivity contribution in [1.29, 1.82) is 0 Å². The van der Waals surface area contributed by atoms with Gasteiger partial charge >= 0.3 is 5.97 Å². The molecule has 7 nitrogen and oxygen atoms in total. The summed E-state index contributed by atoms with van der Waals surface area (Å²) in [4.78, 5) is 26.1. The van der Waals surface area contributed by atoms with Crippen molar-refractivity contribution in [3.63, 3.8) is 0 Å². The third kappa shape index (κ3) is 4.91. The molecule has 0 N–H and O–H groups in total. The molecular weight excluding hydrogens is 346 g/mol. The van der Waals surface area contributed by atoms with Crippen molar-refractivity contribution < 1.29 is 14.5 Å². The van der Waals surface area contributed by atoms with Crippen LogP contribution in [0, 0.1) is 10.1 Å². The lowest BCUT2D eigenvalue weighted by molar-refractivity contribution is -0.384. The highest BCUT2D eigenvalue weighted by Crippen LogP contribution is 2.22. The molecule has 0 unspecified atom stereocenters. The van der Waals surface area contributed by atoms with Gasteiger partial charge in [0.25, 0.3) is 5.69 Å². The van der Waals surface area contributed by atoms with E-state index in [2.05, 4.69) is 9.55 Å². The van der Waals surface area contributed by atoms with Gasteiger partial charge in [-0.25, -0.2) is 4.79 Å². The Morgan fingerprint density at radius 3 is 2.78 bits per heavy atom. The first kappa shape index (κ1) is 18.6. The predicted molar refractivity (Wildman–Crippen MR) is 102 cm³/mol. The molecule has 0 aliphatic carbocycles. The number of aryl methyl sites for hydroxylation is 1. The lowest BCUT2D eigenvalue weighted by atomic mass is 10.2. The Morgan fingerprint density at radius 2 is 2.00 bits per heavy atom. The monoisotopic (exact) mass is 367 g/mol. The molecule has 0 aliphatic rings. The van der Waals surface area contributed by atoms with Gasteiger partial charge < -0.3 is 9.30 Å². The molecule has 0 atom stereocenters. The summed E-state index contributed by atoms with van der Waals surface area (Å²) in [6, 6.07) is 10.2. The molecule has 0 saturated heterocycles. The number of carbonyl (C=O) groups excluding carboxylic acids is 1. The number of pyridine rings is 1. The second-order valence-corrected chi connectivity index (χ2v) is 6.30. The minimum Gasteiger partial charge on any atom is -0.462 e. The number of esters is 1. The second kappa shape index (κ2) is 8.93. The number of unbranched alkanes of at least 4 members (excludes halogenated alkanes) is 3. The zero-order chi connectivity index (χ0) is 19.1. The molecule has 0 spiro atoms. The maximum absolute atomic E-state index is 11.8. The zero-order valence-corrected chi connectivity index (χ0v) is 14.9. The molecule has 27 heavy (non-hydrogen) atoms. The van der Waals surface area contributed by atoms with Crippen LogP contribution < -0.4 is 0 Å². The van der Waals surface area contributed by atoms with Crippen molar-refractivity contribution in [2.75, 3.05) is 6.61 Å².